The van der Waals surface area contributed by atoms with Crippen LogP contribution < -0.4 is 10.6 Å². The number of aromatic nitrogens is 1. The fraction of sp³-hybridized carbons (Fsp3) is 0.643. The first kappa shape index (κ1) is 14.2. The van der Waals surface area contributed by atoms with Gasteiger partial charge in [0.2, 0.25) is 0 Å². The van der Waals surface area contributed by atoms with Crippen molar-refractivity contribution in [1.82, 2.24) is 9.88 Å². The van der Waals surface area contributed by atoms with E-state index in [2.05, 4.69) is 14.8 Å². The Hall–Kier alpha value is -1.73. The average molecular weight is 291 g/mol. The molecule has 2 fully saturated rings. The number of rotatable bonds is 3. The number of anilines is 1. The minimum Gasteiger partial charge on any atom is -0.367 e. The van der Waals surface area contributed by atoms with E-state index in [1.165, 1.54) is 6.07 Å². The summed E-state index contributed by atoms with van der Waals surface area (Å²) in [5.41, 5.74) is 6.92. The molecule has 2 saturated heterocycles. The lowest BCUT2D eigenvalue weighted by molar-refractivity contribution is -0.389. The summed E-state index contributed by atoms with van der Waals surface area (Å²) in [4.78, 5) is 18.9. The number of hydrogen-bond acceptors (Lipinski definition) is 6. The topological polar surface area (TPSA) is 88.5 Å². The summed E-state index contributed by atoms with van der Waals surface area (Å²) in [5.74, 6) is -0.0977. The molecule has 0 saturated carbocycles. The standard InChI is InChI=1S/C14H21N5O2/c15-11-3-6-17(7-4-11)13-5-8-18(10-13)12-1-2-14(16-9-12)19(20)21/h1-2,9,11,13H,3-8,10,15H2. The van der Waals surface area contributed by atoms with Gasteiger partial charge in [0, 0.05) is 31.2 Å². The Bertz CT molecular complexity index is 499. The Morgan fingerprint density at radius 2 is 2.00 bits per heavy atom. The Labute approximate surface area is 123 Å². The first-order valence-corrected chi connectivity index (χ1v) is 7.48. The van der Waals surface area contributed by atoms with Gasteiger partial charge in [-0.15, -0.1) is 0 Å². The highest BCUT2D eigenvalue weighted by molar-refractivity contribution is 5.47. The van der Waals surface area contributed by atoms with Crippen LogP contribution in [0.3, 0.4) is 0 Å². The third-order valence-electron chi connectivity index (χ3n) is 4.54. The number of likely N-dealkylation sites (tertiary alicyclic amines) is 1. The zero-order valence-electron chi connectivity index (χ0n) is 12.0. The van der Waals surface area contributed by atoms with Crippen molar-refractivity contribution >= 4 is 11.5 Å². The Morgan fingerprint density at radius 3 is 2.62 bits per heavy atom. The van der Waals surface area contributed by atoms with Crippen LogP contribution in [0.1, 0.15) is 19.3 Å². The quantitative estimate of drug-likeness (QED) is 0.660. The maximum absolute atomic E-state index is 10.6. The van der Waals surface area contributed by atoms with Crippen LogP contribution in [0.25, 0.3) is 0 Å². The first-order chi connectivity index (χ1) is 10.1. The molecule has 0 radical (unpaired) electrons. The highest BCUT2D eigenvalue weighted by Crippen LogP contribution is 2.25. The Morgan fingerprint density at radius 1 is 1.24 bits per heavy atom. The molecule has 2 N–H and O–H groups in total. The lowest BCUT2D eigenvalue weighted by Gasteiger charge is -2.34. The number of hydrogen-bond donors (Lipinski definition) is 1. The highest BCUT2D eigenvalue weighted by atomic mass is 16.6. The van der Waals surface area contributed by atoms with Crippen molar-refractivity contribution in [3.05, 3.63) is 28.4 Å². The van der Waals surface area contributed by atoms with E-state index < -0.39 is 4.92 Å². The summed E-state index contributed by atoms with van der Waals surface area (Å²) < 4.78 is 0. The molecule has 0 spiro atoms. The van der Waals surface area contributed by atoms with E-state index in [4.69, 9.17) is 5.73 Å². The van der Waals surface area contributed by atoms with Crippen LogP contribution in [0.15, 0.2) is 18.3 Å². The van der Waals surface area contributed by atoms with Crippen molar-refractivity contribution < 1.29 is 4.92 Å². The molecular formula is C14H21N5O2. The van der Waals surface area contributed by atoms with E-state index in [9.17, 15) is 10.1 Å². The molecule has 0 bridgehead atoms. The monoisotopic (exact) mass is 291 g/mol. The molecule has 0 aromatic carbocycles. The van der Waals surface area contributed by atoms with Gasteiger partial charge < -0.3 is 20.7 Å². The average Bonchev–Trinajstić information content (AvgIpc) is 2.98. The van der Waals surface area contributed by atoms with E-state index in [0.29, 0.717) is 12.1 Å². The van der Waals surface area contributed by atoms with Gasteiger partial charge in [-0.1, -0.05) is 0 Å². The zero-order valence-corrected chi connectivity index (χ0v) is 12.0. The van der Waals surface area contributed by atoms with Gasteiger partial charge >= 0.3 is 5.82 Å². The second kappa shape index (κ2) is 5.95. The van der Waals surface area contributed by atoms with Crippen molar-refractivity contribution in [2.24, 2.45) is 5.73 Å². The molecule has 21 heavy (non-hydrogen) atoms. The maximum atomic E-state index is 10.6. The van der Waals surface area contributed by atoms with E-state index >= 15 is 0 Å². The summed E-state index contributed by atoms with van der Waals surface area (Å²) in [6, 6.07) is 4.19. The van der Waals surface area contributed by atoms with Crippen LogP contribution in [-0.2, 0) is 0 Å². The lowest BCUT2D eigenvalue weighted by atomic mass is 10.0. The van der Waals surface area contributed by atoms with Crippen LogP contribution in [0, 0.1) is 10.1 Å². The van der Waals surface area contributed by atoms with Crippen LogP contribution in [-0.4, -0.2) is 53.1 Å². The van der Waals surface area contributed by atoms with Gasteiger partial charge in [0.05, 0.1) is 5.69 Å². The fourth-order valence-electron chi connectivity index (χ4n) is 3.23. The molecule has 1 aromatic heterocycles. The molecule has 3 rings (SSSR count). The van der Waals surface area contributed by atoms with Gasteiger partial charge in [0.15, 0.2) is 6.20 Å². The zero-order chi connectivity index (χ0) is 14.8. The molecule has 1 atom stereocenters. The van der Waals surface area contributed by atoms with Crippen LogP contribution in [0.5, 0.6) is 0 Å². The molecule has 1 aromatic rings. The fourth-order valence-corrected chi connectivity index (χ4v) is 3.23. The van der Waals surface area contributed by atoms with Crippen molar-refractivity contribution in [2.45, 2.75) is 31.3 Å². The second-order valence-corrected chi connectivity index (χ2v) is 5.89. The normalized spacial score (nSPS) is 24.4. The summed E-state index contributed by atoms with van der Waals surface area (Å²) in [7, 11) is 0. The molecule has 1 unspecified atom stereocenters. The van der Waals surface area contributed by atoms with Crippen LogP contribution in [0.4, 0.5) is 11.5 Å². The smallest absolute Gasteiger partial charge is 0.363 e. The van der Waals surface area contributed by atoms with E-state index in [1.54, 1.807) is 12.3 Å². The van der Waals surface area contributed by atoms with E-state index in [-0.39, 0.29) is 5.82 Å². The van der Waals surface area contributed by atoms with Gasteiger partial charge in [-0.05, 0) is 48.3 Å². The Balaban J connectivity index is 1.60. The molecular weight excluding hydrogens is 270 g/mol. The molecule has 7 nitrogen and oxygen atoms in total. The summed E-state index contributed by atoms with van der Waals surface area (Å²) in [6.07, 6.45) is 4.89. The number of nitrogens with two attached hydrogens (primary N) is 1. The number of nitro groups is 1. The van der Waals surface area contributed by atoms with Crippen molar-refractivity contribution in [3.63, 3.8) is 0 Å². The minimum atomic E-state index is -0.465. The number of pyridine rings is 1. The highest BCUT2D eigenvalue weighted by Gasteiger charge is 2.30. The second-order valence-electron chi connectivity index (χ2n) is 5.89. The number of piperidine rings is 1. The minimum absolute atomic E-state index is 0.0977. The van der Waals surface area contributed by atoms with Gasteiger partial charge in [-0.3, -0.25) is 4.90 Å². The summed E-state index contributed by atoms with van der Waals surface area (Å²) >= 11 is 0. The third-order valence-corrected chi connectivity index (χ3v) is 4.54. The molecule has 2 aliphatic heterocycles. The molecule has 114 valence electrons. The van der Waals surface area contributed by atoms with E-state index in [0.717, 1.165) is 51.1 Å². The van der Waals surface area contributed by atoms with Crippen molar-refractivity contribution in [1.29, 1.82) is 0 Å². The third kappa shape index (κ3) is 3.14. The maximum Gasteiger partial charge on any atom is 0.363 e. The van der Waals surface area contributed by atoms with E-state index in [1.807, 2.05) is 0 Å². The summed E-state index contributed by atoms with van der Waals surface area (Å²) in [5, 5.41) is 10.6. The van der Waals surface area contributed by atoms with Gasteiger partial charge in [0.1, 0.15) is 0 Å². The summed E-state index contributed by atoms with van der Waals surface area (Å²) in [6.45, 7) is 4.11. The van der Waals surface area contributed by atoms with Crippen molar-refractivity contribution in [2.75, 3.05) is 31.1 Å². The largest absolute Gasteiger partial charge is 0.367 e. The van der Waals surface area contributed by atoms with Crippen molar-refractivity contribution in [3.8, 4) is 0 Å². The predicted octanol–water partition coefficient (Wildman–Crippen LogP) is 0.992. The first-order valence-electron chi connectivity index (χ1n) is 7.48. The molecule has 0 aliphatic carbocycles. The van der Waals surface area contributed by atoms with Crippen LogP contribution in [0.2, 0.25) is 0 Å². The SMILES string of the molecule is NC1CCN(C2CCN(c3ccc([N+](=O)[O-])nc3)C2)CC1. The number of nitrogens with zero attached hydrogens (tertiary/aromatic N) is 4. The molecule has 7 heteroatoms. The van der Waals surface area contributed by atoms with Crippen LogP contribution >= 0.6 is 0 Å². The molecule has 0 amide bonds. The Kier molecular flexibility index (Phi) is 4.03. The van der Waals surface area contributed by atoms with Gasteiger partial charge in [0.25, 0.3) is 0 Å². The van der Waals surface area contributed by atoms with Gasteiger partial charge in [-0.25, -0.2) is 0 Å². The predicted molar refractivity (Wildman–Crippen MR) is 80.3 cm³/mol. The molecule has 3 heterocycles. The van der Waals surface area contributed by atoms with Gasteiger partial charge in [-0.2, -0.15) is 0 Å². The molecule has 2 aliphatic rings. The lowest BCUT2D eigenvalue weighted by Crippen LogP contribution is -2.46.